The highest BCUT2D eigenvalue weighted by Gasteiger charge is 2.51. The third-order valence-corrected chi connectivity index (χ3v) is 6.36. The van der Waals surface area contributed by atoms with Crippen molar-refractivity contribution >= 4 is 46.3 Å². The first kappa shape index (κ1) is 27.2. The van der Waals surface area contributed by atoms with Crippen molar-refractivity contribution in [3.05, 3.63) is 66.4 Å². The van der Waals surface area contributed by atoms with Crippen molar-refractivity contribution < 1.29 is 45.5 Å². The van der Waals surface area contributed by atoms with Crippen LogP contribution < -0.4 is 4.90 Å². The van der Waals surface area contributed by atoms with Gasteiger partial charge in [-0.2, -0.15) is 26.3 Å². The van der Waals surface area contributed by atoms with E-state index in [-0.39, 0.29) is 17.1 Å². The maximum absolute atomic E-state index is 13.4. The van der Waals surface area contributed by atoms with E-state index in [0.717, 1.165) is 36.1 Å². The Balaban J connectivity index is 1.70. The van der Waals surface area contributed by atoms with Gasteiger partial charge in [-0.05, 0) is 60.6 Å². The molecule has 4 rings (SSSR count). The van der Waals surface area contributed by atoms with Crippen molar-refractivity contribution in [1.82, 2.24) is 9.88 Å². The Labute approximate surface area is 215 Å². The molecule has 0 N–H and O–H groups in total. The maximum Gasteiger partial charge on any atom is 0.490 e. The number of amides is 3. The van der Waals surface area contributed by atoms with Gasteiger partial charge in [0.1, 0.15) is 6.10 Å². The molecule has 2 atom stereocenters. The predicted octanol–water partition coefficient (Wildman–Crippen LogP) is 5.68. The molecule has 1 unspecified atom stereocenters. The first-order valence-electron chi connectivity index (χ1n) is 10.9. The highest BCUT2D eigenvalue weighted by molar-refractivity contribution is 8.00. The number of esters is 1. The largest absolute Gasteiger partial charge is 0.490 e. The Bertz CT molecular complexity index is 1370. The molecule has 0 bridgehead atoms. The smallest absolute Gasteiger partial charge is 0.453 e. The van der Waals surface area contributed by atoms with Gasteiger partial charge in [0.15, 0.2) is 6.04 Å². The zero-order chi connectivity index (χ0) is 27.8. The number of hydrogen-bond donors (Lipinski definition) is 0. The molecule has 200 valence electrons. The van der Waals surface area contributed by atoms with Gasteiger partial charge in [-0.3, -0.25) is 9.78 Å². The number of halogens is 6. The van der Waals surface area contributed by atoms with Crippen LogP contribution in [0, 0.1) is 0 Å². The number of ether oxygens (including phenoxy) is 1. The Morgan fingerprint density at radius 3 is 2.32 bits per heavy atom. The van der Waals surface area contributed by atoms with E-state index in [2.05, 4.69) is 9.72 Å². The molecule has 3 aromatic rings. The van der Waals surface area contributed by atoms with Crippen molar-refractivity contribution in [3.63, 3.8) is 0 Å². The lowest BCUT2D eigenvalue weighted by Gasteiger charge is -2.27. The number of pyridine rings is 1. The summed E-state index contributed by atoms with van der Waals surface area (Å²) >= 11 is -0.397. The summed E-state index contributed by atoms with van der Waals surface area (Å²) in [6, 6.07) is 10.1. The van der Waals surface area contributed by atoms with Gasteiger partial charge >= 0.3 is 23.7 Å². The highest BCUT2D eigenvalue weighted by Crippen LogP contribution is 2.38. The molecule has 1 aliphatic heterocycles. The molecule has 0 spiro atoms. The summed E-state index contributed by atoms with van der Waals surface area (Å²) in [5, 5.41) is 0.612. The van der Waals surface area contributed by atoms with Crippen LogP contribution in [0.5, 0.6) is 0 Å². The number of anilines is 1. The van der Waals surface area contributed by atoms with E-state index in [9.17, 15) is 40.7 Å². The highest BCUT2D eigenvalue weighted by atomic mass is 32.2. The zero-order valence-electron chi connectivity index (χ0n) is 19.3. The molecule has 1 saturated heterocycles. The monoisotopic (exact) mass is 557 g/mol. The summed E-state index contributed by atoms with van der Waals surface area (Å²) in [4.78, 5) is 43.9. The summed E-state index contributed by atoms with van der Waals surface area (Å²) in [5.41, 5.74) is -3.60. The number of thioether (sulfide) groups is 1. The van der Waals surface area contributed by atoms with Crippen molar-refractivity contribution in [2.75, 3.05) is 4.90 Å². The molecule has 0 saturated carbocycles. The molecule has 1 aliphatic rings. The van der Waals surface area contributed by atoms with Crippen LogP contribution >= 0.6 is 11.8 Å². The van der Waals surface area contributed by atoms with Crippen LogP contribution in [0.2, 0.25) is 0 Å². The van der Waals surface area contributed by atoms with Gasteiger partial charge in [-0.15, -0.1) is 0 Å². The number of imide groups is 1. The number of fused-ring (bicyclic) bond motifs is 1. The number of nitrogens with zero attached hydrogens (tertiary/aromatic N) is 3. The molecule has 38 heavy (non-hydrogen) atoms. The van der Waals surface area contributed by atoms with Crippen molar-refractivity contribution in [1.29, 1.82) is 0 Å². The minimum atomic E-state index is -5.34. The number of para-hydroxylation sites is 1. The number of carbonyl (C=O) groups is 3. The molecule has 2 heterocycles. The molecule has 0 radical (unpaired) electrons. The van der Waals surface area contributed by atoms with Gasteiger partial charge in [0, 0.05) is 23.0 Å². The third kappa shape index (κ3) is 5.69. The standard InChI is InChI=1S/C24H17F6N3O4S/c1-13(37-21(35)23(25,26)27)19-20(34)33(15-6-8-16(9-7-15)38-24(28,29)30)22(36)32(19)12-14-10-11-31-18-5-3-2-4-17(14)18/h2-11,13,19H,12H2,1H3/t13-,19?/m1/s1. The van der Waals surface area contributed by atoms with E-state index in [1.807, 2.05) is 0 Å². The van der Waals surface area contributed by atoms with Gasteiger partial charge in [-0.25, -0.2) is 14.5 Å². The lowest BCUT2D eigenvalue weighted by Crippen LogP contribution is -2.45. The van der Waals surface area contributed by atoms with E-state index >= 15 is 0 Å². The quantitative estimate of drug-likeness (QED) is 0.168. The average Bonchev–Trinajstić information content (AvgIpc) is 3.07. The molecule has 0 aliphatic carbocycles. The lowest BCUT2D eigenvalue weighted by molar-refractivity contribution is -0.206. The van der Waals surface area contributed by atoms with Crippen molar-refractivity contribution in [2.45, 2.75) is 42.2 Å². The molecule has 14 heteroatoms. The Kier molecular flexibility index (Phi) is 7.28. The number of alkyl halides is 6. The summed E-state index contributed by atoms with van der Waals surface area (Å²) in [6.07, 6.45) is -5.59. The van der Waals surface area contributed by atoms with E-state index in [1.54, 1.807) is 30.3 Å². The molecular formula is C24H17F6N3O4S. The van der Waals surface area contributed by atoms with Gasteiger partial charge in [0.2, 0.25) is 0 Å². The fraction of sp³-hybridized carbons (Fsp3) is 0.250. The second-order valence-electron chi connectivity index (χ2n) is 8.17. The predicted molar refractivity (Wildman–Crippen MR) is 124 cm³/mol. The minimum absolute atomic E-state index is 0.104. The van der Waals surface area contributed by atoms with Crippen LogP contribution in [-0.2, 0) is 20.9 Å². The van der Waals surface area contributed by atoms with Crippen LogP contribution in [0.15, 0.2) is 65.7 Å². The topological polar surface area (TPSA) is 79.8 Å². The number of hydrogen-bond acceptors (Lipinski definition) is 6. The molecular weight excluding hydrogens is 540 g/mol. The summed E-state index contributed by atoms with van der Waals surface area (Å²) in [6.45, 7) is 0.786. The number of aromatic nitrogens is 1. The average molecular weight is 557 g/mol. The van der Waals surface area contributed by atoms with Gasteiger partial charge in [0.05, 0.1) is 11.2 Å². The van der Waals surface area contributed by atoms with Gasteiger partial charge < -0.3 is 9.64 Å². The molecule has 7 nitrogen and oxygen atoms in total. The van der Waals surface area contributed by atoms with E-state index < -0.39 is 53.5 Å². The molecule has 1 aromatic heterocycles. The third-order valence-electron chi connectivity index (χ3n) is 5.62. The van der Waals surface area contributed by atoms with Crippen LogP contribution in [-0.4, -0.2) is 51.6 Å². The number of carbonyl (C=O) groups excluding carboxylic acids is 3. The fourth-order valence-corrected chi connectivity index (χ4v) is 4.58. The number of rotatable bonds is 6. The zero-order valence-corrected chi connectivity index (χ0v) is 20.1. The fourth-order valence-electron chi connectivity index (χ4n) is 4.04. The summed E-state index contributed by atoms with van der Waals surface area (Å²) < 4.78 is 81.1. The summed E-state index contributed by atoms with van der Waals surface area (Å²) in [5.74, 6) is -3.54. The second-order valence-corrected chi connectivity index (χ2v) is 9.30. The number of benzene rings is 2. The molecule has 2 aromatic carbocycles. The SMILES string of the molecule is C[C@@H](OC(=O)C(F)(F)F)C1C(=O)N(c2ccc(SC(F)(F)F)cc2)C(=O)N1Cc1ccnc2ccccc12. The van der Waals surface area contributed by atoms with Crippen molar-refractivity contribution in [3.8, 4) is 0 Å². The molecule has 3 amide bonds. The Morgan fingerprint density at radius 1 is 1.03 bits per heavy atom. The second kappa shape index (κ2) is 10.2. The molecule has 1 fully saturated rings. The van der Waals surface area contributed by atoms with E-state index in [1.165, 1.54) is 6.20 Å². The van der Waals surface area contributed by atoms with Crippen LogP contribution in [0.1, 0.15) is 12.5 Å². The first-order chi connectivity index (χ1) is 17.8. The van der Waals surface area contributed by atoms with E-state index in [0.29, 0.717) is 21.4 Å². The normalized spacial score (nSPS) is 17.3. The van der Waals surface area contributed by atoms with E-state index in [4.69, 9.17) is 0 Å². The minimum Gasteiger partial charge on any atom is -0.453 e. The number of urea groups is 1. The van der Waals surface area contributed by atoms with Crippen molar-refractivity contribution in [2.24, 2.45) is 0 Å². The van der Waals surface area contributed by atoms with Crippen LogP contribution in [0.4, 0.5) is 36.8 Å². The summed E-state index contributed by atoms with van der Waals surface area (Å²) in [7, 11) is 0. The van der Waals surface area contributed by atoms with Gasteiger partial charge in [-0.1, -0.05) is 18.2 Å². The maximum atomic E-state index is 13.4. The first-order valence-corrected chi connectivity index (χ1v) is 11.7. The Hall–Kier alpha value is -3.81. The van der Waals surface area contributed by atoms with Gasteiger partial charge in [0.25, 0.3) is 5.91 Å². The lowest BCUT2D eigenvalue weighted by atomic mass is 10.1. The Morgan fingerprint density at radius 2 is 1.68 bits per heavy atom. The van der Waals surface area contributed by atoms with Crippen LogP contribution in [0.25, 0.3) is 10.9 Å². The van der Waals surface area contributed by atoms with Crippen LogP contribution in [0.3, 0.4) is 0 Å².